The van der Waals surface area contributed by atoms with Crippen LogP contribution in [0.4, 0.5) is 0 Å². The van der Waals surface area contributed by atoms with E-state index in [0.717, 1.165) is 5.56 Å². The molecule has 102 valence electrons. The van der Waals surface area contributed by atoms with Gasteiger partial charge in [-0.1, -0.05) is 23.7 Å². The van der Waals surface area contributed by atoms with Crippen molar-refractivity contribution in [3.05, 3.63) is 34.9 Å². The first-order valence-electron chi connectivity index (χ1n) is 6.26. The van der Waals surface area contributed by atoms with Gasteiger partial charge in [0.2, 0.25) is 5.91 Å². The summed E-state index contributed by atoms with van der Waals surface area (Å²) in [6, 6.07) is 7.18. The zero-order valence-electron chi connectivity index (χ0n) is 10.6. The number of nitrogens with one attached hydrogen (secondary N) is 1. The Bertz CT molecular complexity index is 497. The second-order valence-electron chi connectivity index (χ2n) is 4.99. The Morgan fingerprint density at radius 2 is 2.11 bits per heavy atom. The molecule has 2 rings (SSSR count). The van der Waals surface area contributed by atoms with E-state index in [4.69, 9.17) is 16.7 Å². The molecular formula is C14H16ClNO3. The van der Waals surface area contributed by atoms with Gasteiger partial charge in [-0.15, -0.1) is 0 Å². The highest BCUT2D eigenvalue weighted by atomic mass is 35.5. The van der Waals surface area contributed by atoms with Gasteiger partial charge in [-0.05, 0) is 37.5 Å². The lowest BCUT2D eigenvalue weighted by atomic mass is 9.80. The highest BCUT2D eigenvalue weighted by Gasteiger charge is 2.35. The van der Waals surface area contributed by atoms with Gasteiger partial charge in [0.15, 0.2) is 0 Å². The number of carbonyl (C=O) groups excluding carboxylic acids is 1. The SMILES string of the molecule is CC(C(=O)NC1CC(C(=O)O)C1)c1cccc(Cl)c1. The molecule has 5 heteroatoms. The van der Waals surface area contributed by atoms with Crippen molar-refractivity contribution in [1.82, 2.24) is 5.32 Å². The maximum atomic E-state index is 12.0. The van der Waals surface area contributed by atoms with Gasteiger partial charge in [-0.2, -0.15) is 0 Å². The van der Waals surface area contributed by atoms with Crippen LogP contribution in [0.15, 0.2) is 24.3 Å². The number of hydrogen-bond donors (Lipinski definition) is 2. The van der Waals surface area contributed by atoms with Crippen molar-refractivity contribution in [2.75, 3.05) is 0 Å². The Kier molecular flexibility index (Phi) is 4.10. The molecule has 1 saturated carbocycles. The van der Waals surface area contributed by atoms with Gasteiger partial charge >= 0.3 is 5.97 Å². The Balaban J connectivity index is 1.89. The molecule has 1 aromatic carbocycles. The summed E-state index contributed by atoms with van der Waals surface area (Å²) in [5.41, 5.74) is 0.860. The van der Waals surface area contributed by atoms with E-state index in [0.29, 0.717) is 17.9 Å². The lowest BCUT2D eigenvalue weighted by Crippen LogP contribution is -2.47. The van der Waals surface area contributed by atoms with E-state index >= 15 is 0 Å². The normalized spacial score (nSPS) is 23.3. The summed E-state index contributed by atoms with van der Waals surface area (Å²) in [6.07, 6.45) is 1.03. The molecular weight excluding hydrogens is 266 g/mol. The number of carboxylic acid groups (broad SMARTS) is 1. The number of amides is 1. The van der Waals surface area contributed by atoms with Crippen LogP contribution in [0.2, 0.25) is 5.02 Å². The molecule has 1 atom stereocenters. The summed E-state index contributed by atoms with van der Waals surface area (Å²) in [6.45, 7) is 1.81. The summed E-state index contributed by atoms with van der Waals surface area (Å²) in [7, 11) is 0. The standard InChI is InChI=1S/C14H16ClNO3/c1-8(9-3-2-4-11(15)5-9)13(17)16-12-6-10(7-12)14(18)19/h2-5,8,10,12H,6-7H2,1H3,(H,16,17)(H,18,19). The third kappa shape index (κ3) is 3.26. The number of halogens is 1. The Labute approximate surface area is 116 Å². The molecule has 0 spiro atoms. The van der Waals surface area contributed by atoms with Gasteiger partial charge in [-0.3, -0.25) is 9.59 Å². The number of rotatable bonds is 4. The molecule has 19 heavy (non-hydrogen) atoms. The maximum absolute atomic E-state index is 12.0. The number of aliphatic carboxylic acids is 1. The van der Waals surface area contributed by atoms with Gasteiger partial charge < -0.3 is 10.4 Å². The van der Waals surface area contributed by atoms with Crippen LogP contribution in [-0.4, -0.2) is 23.0 Å². The molecule has 1 amide bonds. The van der Waals surface area contributed by atoms with E-state index in [2.05, 4.69) is 5.32 Å². The minimum Gasteiger partial charge on any atom is -0.481 e. The number of benzene rings is 1. The van der Waals surface area contributed by atoms with Gasteiger partial charge in [-0.25, -0.2) is 0 Å². The van der Waals surface area contributed by atoms with E-state index in [-0.39, 0.29) is 23.8 Å². The van der Waals surface area contributed by atoms with Gasteiger partial charge in [0.1, 0.15) is 0 Å². The molecule has 0 aliphatic heterocycles. The van der Waals surface area contributed by atoms with Crippen LogP contribution >= 0.6 is 11.6 Å². The molecule has 0 saturated heterocycles. The molecule has 4 nitrogen and oxygen atoms in total. The predicted molar refractivity (Wildman–Crippen MR) is 72.2 cm³/mol. The summed E-state index contributed by atoms with van der Waals surface area (Å²) >= 11 is 5.89. The van der Waals surface area contributed by atoms with Crippen LogP contribution in [0, 0.1) is 5.92 Å². The Morgan fingerprint density at radius 3 is 2.68 bits per heavy atom. The maximum Gasteiger partial charge on any atom is 0.306 e. The number of carbonyl (C=O) groups is 2. The minimum atomic E-state index is -0.784. The molecule has 1 unspecified atom stereocenters. The van der Waals surface area contributed by atoms with Crippen molar-refractivity contribution in [2.45, 2.75) is 31.7 Å². The molecule has 1 aromatic rings. The van der Waals surface area contributed by atoms with Crippen molar-refractivity contribution in [3.8, 4) is 0 Å². The average molecular weight is 282 g/mol. The minimum absolute atomic E-state index is 0.0183. The van der Waals surface area contributed by atoms with Gasteiger partial charge in [0.05, 0.1) is 11.8 Å². The first kappa shape index (κ1) is 13.9. The monoisotopic (exact) mass is 281 g/mol. The highest BCUT2D eigenvalue weighted by molar-refractivity contribution is 6.30. The molecule has 1 aliphatic rings. The summed E-state index contributed by atoms with van der Waals surface area (Å²) in [5.74, 6) is -1.47. The zero-order valence-corrected chi connectivity index (χ0v) is 11.4. The van der Waals surface area contributed by atoms with Crippen molar-refractivity contribution in [1.29, 1.82) is 0 Å². The summed E-state index contributed by atoms with van der Waals surface area (Å²) < 4.78 is 0. The predicted octanol–water partition coefficient (Wildman–Crippen LogP) is 2.42. The highest BCUT2D eigenvalue weighted by Crippen LogP contribution is 2.28. The summed E-state index contributed by atoms with van der Waals surface area (Å²) in [4.78, 5) is 22.7. The molecule has 0 aromatic heterocycles. The van der Waals surface area contributed by atoms with Crippen LogP contribution in [0.25, 0.3) is 0 Å². The van der Waals surface area contributed by atoms with Gasteiger partial charge in [0, 0.05) is 11.1 Å². The zero-order chi connectivity index (χ0) is 14.0. The lowest BCUT2D eigenvalue weighted by molar-refractivity contribution is -0.146. The number of carboxylic acids is 1. The molecule has 0 radical (unpaired) electrons. The first-order chi connectivity index (χ1) is 8.97. The van der Waals surface area contributed by atoms with Gasteiger partial charge in [0.25, 0.3) is 0 Å². The molecule has 0 bridgehead atoms. The van der Waals surface area contributed by atoms with Crippen LogP contribution < -0.4 is 5.32 Å². The van der Waals surface area contributed by atoms with Crippen LogP contribution in [0.5, 0.6) is 0 Å². The van der Waals surface area contributed by atoms with Crippen molar-refractivity contribution in [2.24, 2.45) is 5.92 Å². The van der Waals surface area contributed by atoms with Crippen LogP contribution in [-0.2, 0) is 9.59 Å². The number of hydrogen-bond acceptors (Lipinski definition) is 2. The van der Waals surface area contributed by atoms with E-state index in [1.54, 1.807) is 12.1 Å². The van der Waals surface area contributed by atoms with Crippen molar-refractivity contribution in [3.63, 3.8) is 0 Å². The Morgan fingerprint density at radius 1 is 1.42 bits per heavy atom. The smallest absolute Gasteiger partial charge is 0.306 e. The second kappa shape index (κ2) is 5.61. The van der Waals surface area contributed by atoms with Crippen molar-refractivity contribution >= 4 is 23.5 Å². The summed E-state index contributed by atoms with van der Waals surface area (Å²) in [5, 5.41) is 12.3. The quantitative estimate of drug-likeness (QED) is 0.891. The Hall–Kier alpha value is -1.55. The van der Waals surface area contributed by atoms with E-state index in [1.165, 1.54) is 0 Å². The fraction of sp³-hybridized carbons (Fsp3) is 0.429. The average Bonchev–Trinajstić information content (AvgIpc) is 2.31. The van der Waals surface area contributed by atoms with Crippen LogP contribution in [0.1, 0.15) is 31.2 Å². The fourth-order valence-electron chi connectivity index (χ4n) is 2.19. The largest absolute Gasteiger partial charge is 0.481 e. The molecule has 2 N–H and O–H groups in total. The first-order valence-corrected chi connectivity index (χ1v) is 6.64. The van der Waals surface area contributed by atoms with Crippen LogP contribution in [0.3, 0.4) is 0 Å². The van der Waals surface area contributed by atoms with Crippen molar-refractivity contribution < 1.29 is 14.7 Å². The third-order valence-electron chi connectivity index (χ3n) is 3.58. The van der Waals surface area contributed by atoms with E-state index in [9.17, 15) is 9.59 Å². The molecule has 1 fully saturated rings. The fourth-order valence-corrected chi connectivity index (χ4v) is 2.39. The van der Waals surface area contributed by atoms with E-state index < -0.39 is 5.97 Å². The van der Waals surface area contributed by atoms with E-state index in [1.807, 2.05) is 19.1 Å². The molecule has 0 heterocycles. The molecule has 1 aliphatic carbocycles. The lowest BCUT2D eigenvalue weighted by Gasteiger charge is -2.33. The third-order valence-corrected chi connectivity index (χ3v) is 3.81. The second-order valence-corrected chi connectivity index (χ2v) is 5.43. The topological polar surface area (TPSA) is 66.4 Å².